The predicted octanol–water partition coefficient (Wildman–Crippen LogP) is 3.22. The molecule has 2 aromatic carbocycles. The fourth-order valence-electron chi connectivity index (χ4n) is 1.78. The van der Waals surface area contributed by atoms with E-state index >= 15 is 0 Å². The molecule has 0 aromatic heterocycles. The van der Waals surface area contributed by atoms with Crippen LogP contribution >= 0.6 is 0 Å². The number of benzene rings is 2. The summed E-state index contributed by atoms with van der Waals surface area (Å²) in [5, 5.41) is 10.1. The zero-order chi connectivity index (χ0) is 13.1. The number of rotatable bonds is 3. The number of carbonyl (C=O) groups excluding carboxylic acids is 1. The Morgan fingerprint density at radius 3 is 1.83 bits per heavy atom. The Labute approximate surface area is 107 Å². The van der Waals surface area contributed by atoms with Crippen LogP contribution in [0.1, 0.15) is 33.2 Å². The van der Waals surface area contributed by atoms with Crippen molar-refractivity contribution in [2.75, 3.05) is 0 Å². The quantitative estimate of drug-likeness (QED) is 0.836. The van der Waals surface area contributed by atoms with Gasteiger partial charge in [0, 0.05) is 5.56 Å². The molecule has 1 atom stereocenters. The van der Waals surface area contributed by atoms with Crippen LogP contribution in [0.4, 0.5) is 0 Å². The third-order valence-electron chi connectivity index (χ3n) is 2.98. The predicted molar refractivity (Wildman–Crippen MR) is 71.6 cm³/mol. The molecule has 0 saturated heterocycles. The molecule has 0 fully saturated rings. The molecule has 0 aliphatic carbocycles. The monoisotopic (exact) mass is 240 g/mol. The van der Waals surface area contributed by atoms with Crippen LogP contribution in [0.3, 0.4) is 0 Å². The summed E-state index contributed by atoms with van der Waals surface area (Å²) >= 11 is 0. The molecule has 18 heavy (non-hydrogen) atoms. The van der Waals surface area contributed by atoms with Gasteiger partial charge in [-0.3, -0.25) is 4.79 Å². The first-order valence-corrected chi connectivity index (χ1v) is 5.93. The molecule has 0 aliphatic rings. The van der Waals surface area contributed by atoms with Gasteiger partial charge in [0.15, 0.2) is 5.78 Å². The number of carbonyl (C=O) groups is 1. The Bertz CT molecular complexity index is 538. The average Bonchev–Trinajstić information content (AvgIpc) is 2.39. The Morgan fingerprint density at radius 1 is 0.889 bits per heavy atom. The van der Waals surface area contributed by atoms with Crippen molar-refractivity contribution in [3.05, 3.63) is 70.8 Å². The van der Waals surface area contributed by atoms with Gasteiger partial charge in [-0.25, -0.2) is 0 Å². The number of hydrogen-bond donors (Lipinski definition) is 1. The molecule has 0 radical (unpaired) electrons. The van der Waals surface area contributed by atoms with Crippen molar-refractivity contribution in [1.29, 1.82) is 0 Å². The lowest BCUT2D eigenvalue weighted by molar-refractivity contribution is 0.0747. The van der Waals surface area contributed by atoms with E-state index in [1.54, 1.807) is 24.3 Å². The third-order valence-corrected chi connectivity index (χ3v) is 2.98. The van der Waals surface area contributed by atoms with E-state index in [0.717, 1.165) is 11.1 Å². The molecule has 0 amide bonds. The molecule has 1 N–H and O–H groups in total. The Kier molecular flexibility index (Phi) is 3.58. The van der Waals surface area contributed by atoms with Crippen molar-refractivity contribution in [3.8, 4) is 0 Å². The van der Waals surface area contributed by atoms with Gasteiger partial charge in [0.2, 0.25) is 0 Å². The number of Topliss-reactive ketones (excluding diaryl/α,β-unsaturated/α-hetero) is 1. The first-order chi connectivity index (χ1) is 8.58. The van der Waals surface area contributed by atoms with E-state index in [4.69, 9.17) is 0 Å². The van der Waals surface area contributed by atoms with Crippen molar-refractivity contribution in [1.82, 2.24) is 0 Å². The van der Waals surface area contributed by atoms with Crippen LogP contribution in [0, 0.1) is 13.8 Å². The van der Waals surface area contributed by atoms with Crippen molar-refractivity contribution < 1.29 is 9.90 Å². The summed E-state index contributed by atoms with van der Waals surface area (Å²) in [6.07, 6.45) is -1.09. The maximum Gasteiger partial charge on any atom is 0.195 e. The third kappa shape index (κ3) is 2.66. The fourth-order valence-corrected chi connectivity index (χ4v) is 1.78. The summed E-state index contributed by atoms with van der Waals surface area (Å²) in [5.74, 6) is -0.265. The molecule has 0 saturated carbocycles. The van der Waals surface area contributed by atoms with E-state index in [9.17, 15) is 9.90 Å². The summed E-state index contributed by atoms with van der Waals surface area (Å²) < 4.78 is 0. The van der Waals surface area contributed by atoms with Crippen LogP contribution in [0.2, 0.25) is 0 Å². The standard InChI is InChI=1S/C16H16O2/c1-11-3-7-13(8-4-11)15(17)16(18)14-9-5-12(2)6-10-14/h3-10,15,17H,1-2H3/t15-/m0/s1. The van der Waals surface area contributed by atoms with E-state index in [1.807, 2.05) is 38.1 Å². The highest BCUT2D eigenvalue weighted by atomic mass is 16.3. The van der Waals surface area contributed by atoms with Gasteiger partial charge in [-0.05, 0) is 19.4 Å². The molecule has 2 heteroatoms. The first-order valence-electron chi connectivity index (χ1n) is 5.93. The van der Waals surface area contributed by atoms with Crippen LogP contribution in [-0.4, -0.2) is 10.9 Å². The average molecular weight is 240 g/mol. The van der Waals surface area contributed by atoms with Gasteiger partial charge in [-0.2, -0.15) is 0 Å². The summed E-state index contributed by atoms with van der Waals surface area (Å²) in [6, 6.07) is 14.6. The second-order valence-corrected chi connectivity index (χ2v) is 4.54. The lowest BCUT2D eigenvalue weighted by atomic mass is 9.98. The molecule has 2 nitrogen and oxygen atoms in total. The van der Waals surface area contributed by atoms with Crippen LogP contribution in [-0.2, 0) is 0 Å². The summed E-state index contributed by atoms with van der Waals surface area (Å²) in [4.78, 5) is 12.1. The van der Waals surface area contributed by atoms with Gasteiger partial charge >= 0.3 is 0 Å². The maximum atomic E-state index is 12.1. The molecule has 0 unspecified atom stereocenters. The topological polar surface area (TPSA) is 37.3 Å². The molecule has 0 heterocycles. The normalized spacial score (nSPS) is 12.2. The Hall–Kier alpha value is -1.93. The smallest absolute Gasteiger partial charge is 0.195 e. The highest BCUT2D eigenvalue weighted by molar-refractivity contribution is 5.99. The van der Waals surface area contributed by atoms with Gasteiger partial charge in [0.1, 0.15) is 6.10 Å². The molecule has 0 aliphatic heterocycles. The zero-order valence-electron chi connectivity index (χ0n) is 10.6. The van der Waals surface area contributed by atoms with Gasteiger partial charge in [0.05, 0.1) is 0 Å². The van der Waals surface area contributed by atoms with Crippen molar-refractivity contribution in [2.24, 2.45) is 0 Å². The van der Waals surface area contributed by atoms with Gasteiger partial charge < -0.3 is 5.11 Å². The number of hydrogen-bond acceptors (Lipinski definition) is 2. The second kappa shape index (κ2) is 5.15. The van der Waals surface area contributed by atoms with E-state index in [1.165, 1.54) is 0 Å². The Balaban J connectivity index is 2.23. The van der Waals surface area contributed by atoms with E-state index in [0.29, 0.717) is 11.1 Å². The molecule has 2 rings (SSSR count). The minimum absolute atomic E-state index is 0.265. The molecule has 0 spiro atoms. The number of aliphatic hydroxyl groups is 1. The SMILES string of the molecule is Cc1ccc(C(=O)[C@@H](O)c2ccc(C)cc2)cc1. The molecule has 2 aromatic rings. The second-order valence-electron chi connectivity index (χ2n) is 4.54. The van der Waals surface area contributed by atoms with Crippen LogP contribution in [0.5, 0.6) is 0 Å². The van der Waals surface area contributed by atoms with E-state index < -0.39 is 6.10 Å². The lowest BCUT2D eigenvalue weighted by Gasteiger charge is -2.10. The highest BCUT2D eigenvalue weighted by Gasteiger charge is 2.18. The number of ketones is 1. The van der Waals surface area contributed by atoms with Gasteiger partial charge in [-0.1, -0.05) is 59.7 Å². The molecular weight excluding hydrogens is 224 g/mol. The largest absolute Gasteiger partial charge is 0.380 e. The van der Waals surface area contributed by atoms with Crippen LogP contribution < -0.4 is 0 Å². The number of aliphatic hydroxyl groups excluding tert-OH is 1. The minimum atomic E-state index is -1.09. The summed E-state index contributed by atoms with van der Waals surface area (Å²) in [5.41, 5.74) is 3.37. The molecular formula is C16H16O2. The summed E-state index contributed by atoms with van der Waals surface area (Å²) in [7, 11) is 0. The molecule has 0 bridgehead atoms. The van der Waals surface area contributed by atoms with Crippen LogP contribution in [0.25, 0.3) is 0 Å². The summed E-state index contributed by atoms with van der Waals surface area (Å²) in [6.45, 7) is 3.93. The first kappa shape index (κ1) is 12.5. The maximum absolute atomic E-state index is 12.1. The van der Waals surface area contributed by atoms with E-state index in [2.05, 4.69) is 0 Å². The molecule has 92 valence electrons. The number of aryl methyl sites for hydroxylation is 2. The van der Waals surface area contributed by atoms with Crippen molar-refractivity contribution in [2.45, 2.75) is 20.0 Å². The van der Waals surface area contributed by atoms with E-state index in [-0.39, 0.29) is 5.78 Å². The van der Waals surface area contributed by atoms with Gasteiger partial charge in [0.25, 0.3) is 0 Å². The highest BCUT2D eigenvalue weighted by Crippen LogP contribution is 2.19. The zero-order valence-corrected chi connectivity index (χ0v) is 10.6. The minimum Gasteiger partial charge on any atom is -0.380 e. The fraction of sp³-hybridized carbons (Fsp3) is 0.188. The van der Waals surface area contributed by atoms with Crippen molar-refractivity contribution >= 4 is 5.78 Å². The van der Waals surface area contributed by atoms with Crippen LogP contribution in [0.15, 0.2) is 48.5 Å². The van der Waals surface area contributed by atoms with Crippen molar-refractivity contribution in [3.63, 3.8) is 0 Å². The Morgan fingerprint density at radius 2 is 1.33 bits per heavy atom. The van der Waals surface area contributed by atoms with Gasteiger partial charge in [-0.15, -0.1) is 0 Å². The lowest BCUT2D eigenvalue weighted by Crippen LogP contribution is -2.12.